The fourth-order valence-corrected chi connectivity index (χ4v) is 3.68. The van der Waals surface area contributed by atoms with E-state index < -0.39 is 12.3 Å². The van der Waals surface area contributed by atoms with Gasteiger partial charge in [0.05, 0.1) is 11.3 Å². The summed E-state index contributed by atoms with van der Waals surface area (Å²) in [6.07, 6.45) is -1.89. The van der Waals surface area contributed by atoms with E-state index in [1.807, 2.05) is 0 Å². The predicted octanol–water partition coefficient (Wildman–Crippen LogP) is 2.87. The molecule has 1 fully saturated rings. The predicted molar refractivity (Wildman–Crippen MR) is 113 cm³/mol. The van der Waals surface area contributed by atoms with Crippen LogP contribution in [0.25, 0.3) is 11.0 Å². The van der Waals surface area contributed by atoms with Crippen LogP contribution in [0.15, 0.2) is 36.7 Å². The van der Waals surface area contributed by atoms with Gasteiger partial charge in [0.25, 0.3) is 5.91 Å². The summed E-state index contributed by atoms with van der Waals surface area (Å²) in [6, 6.07) is 6.71. The van der Waals surface area contributed by atoms with Crippen LogP contribution in [0.2, 0.25) is 0 Å². The molecule has 3 aromatic rings. The summed E-state index contributed by atoms with van der Waals surface area (Å²) in [5.74, 6) is -1.15. The number of imide groups is 1. The van der Waals surface area contributed by atoms with E-state index in [0.717, 1.165) is 13.0 Å². The van der Waals surface area contributed by atoms with Crippen molar-refractivity contribution in [1.82, 2.24) is 25.2 Å². The van der Waals surface area contributed by atoms with Gasteiger partial charge in [-0.1, -0.05) is 0 Å². The highest BCUT2D eigenvalue weighted by Crippen LogP contribution is 2.28. The molecule has 4 rings (SSSR count). The number of halogens is 3. The molecule has 1 atom stereocenters. The minimum Gasteiger partial charge on any atom is -0.406 e. The van der Waals surface area contributed by atoms with Gasteiger partial charge in [-0.15, -0.1) is 13.2 Å². The zero-order valence-electron chi connectivity index (χ0n) is 17.6. The molecule has 0 bridgehead atoms. The van der Waals surface area contributed by atoms with E-state index in [0.29, 0.717) is 35.5 Å². The third-order valence-electron chi connectivity index (χ3n) is 5.31. The average Bonchev–Trinajstić information content (AvgIpc) is 3.12. The monoisotopic (exact) mass is 462 g/mol. The number of aryl methyl sites for hydroxylation is 1. The Morgan fingerprint density at radius 3 is 2.64 bits per heavy atom. The maximum Gasteiger partial charge on any atom is 0.573 e. The molecule has 3 N–H and O–H groups in total. The van der Waals surface area contributed by atoms with Gasteiger partial charge in [0, 0.05) is 19.3 Å². The fraction of sp³-hybridized carbons (Fsp3) is 0.333. The fourth-order valence-electron chi connectivity index (χ4n) is 3.68. The molecule has 1 unspecified atom stereocenters. The van der Waals surface area contributed by atoms with E-state index in [2.05, 4.69) is 30.7 Å². The number of alkyl halides is 3. The Morgan fingerprint density at radius 1 is 1.21 bits per heavy atom. The molecule has 0 radical (unpaired) electrons. The first kappa shape index (κ1) is 22.5. The zero-order valence-corrected chi connectivity index (χ0v) is 17.6. The highest BCUT2D eigenvalue weighted by molar-refractivity contribution is 6.07. The second-order valence-corrected chi connectivity index (χ2v) is 7.61. The van der Waals surface area contributed by atoms with Crippen molar-refractivity contribution in [3.8, 4) is 5.75 Å². The van der Waals surface area contributed by atoms with E-state index in [9.17, 15) is 22.8 Å². The number of benzene rings is 1. The number of carbonyl (C=O) groups is 2. The number of hydrogen-bond acceptors (Lipinski definition) is 7. The number of amides is 2. The normalized spacial score (nSPS) is 16.4. The van der Waals surface area contributed by atoms with Crippen LogP contribution in [-0.2, 0) is 11.8 Å². The average molecular weight is 462 g/mol. The molecule has 174 valence electrons. The number of hydrogen-bond donors (Lipinski definition) is 3. The van der Waals surface area contributed by atoms with Crippen molar-refractivity contribution in [2.75, 3.05) is 18.4 Å². The number of nitrogens with zero attached hydrogens (tertiary/aromatic N) is 3. The summed E-state index contributed by atoms with van der Waals surface area (Å²) in [5, 5.41) is 9.10. The number of piperidine rings is 1. The van der Waals surface area contributed by atoms with Crippen molar-refractivity contribution >= 4 is 34.4 Å². The Balaban J connectivity index is 1.53. The lowest BCUT2D eigenvalue weighted by atomic mass is 9.99. The van der Waals surface area contributed by atoms with E-state index in [1.165, 1.54) is 30.6 Å². The molecule has 3 heterocycles. The van der Waals surface area contributed by atoms with Crippen molar-refractivity contribution in [2.24, 2.45) is 13.0 Å². The van der Waals surface area contributed by atoms with Crippen molar-refractivity contribution in [3.63, 3.8) is 0 Å². The maximum absolute atomic E-state index is 12.8. The van der Waals surface area contributed by atoms with Gasteiger partial charge < -0.3 is 19.9 Å². The molecule has 1 aromatic carbocycles. The van der Waals surface area contributed by atoms with E-state index in [-0.39, 0.29) is 23.3 Å². The van der Waals surface area contributed by atoms with Crippen LogP contribution in [0.5, 0.6) is 5.75 Å². The molecule has 0 aliphatic carbocycles. The van der Waals surface area contributed by atoms with E-state index >= 15 is 0 Å². The van der Waals surface area contributed by atoms with E-state index in [4.69, 9.17) is 0 Å². The quantitative estimate of drug-likeness (QED) is 0.500. The molecule has 0 spiro atoms. The van der Waals surface area contributed by atoms with Crippen LogP contribution in [0.4, 0.5) is 24.7 Å². The largest absolute Gasteiger partial charge is 0.573 e. The molecule has 2 amide bonds. The van der Waals surface area contributed by atoms with Crippen LogP contribution >= 0.6 is 0 Å². The summed E-state index contributed by atoms with van der Waals surface area (Å²) in [6.45, 7) is 1.38. The Hall–Kier alpha value is -3.67. The van der Waals surface area contributed by atoms with Gasteiger partial charge in [0.15, 0.2) is 0 Å². The Morgan fingerprint density at radius 2 is 1.97 bits per heavy atom. The second kappa shape index (κ2) is 9.06. The third kappa shape index (κ3) is 5.22. The van der Waals surface area contributed by atoms with Crippen molar-refractivity contribution < 1.29 is 27.5 Å². The van der Waals surface area contributed by atoms with Crippen molar-refractivity contribution in [3.05, 3.63) is 42.4 Å². The highest BCUT2D eigenvalue weighted by Gasteiger charge is 2.31. The Labute approximate surface area is 186 Å². The third-order valence-corrected chi connectivity index (χ3v) is 5.31. The standard InChI is InChI=1S/C21H21F3N6O3/c1-30-16(20(32)29-19(31)12-3-2-8-25-10-12)9-15-17(26-11-27-18(15)30)28-13-4-6-14(7-5-13)33-21(22,23)24/h4-7,9,11-12,25H,2-3,8,10H2,1H3,(H,26,27,28)(H,29,31,32). The minimum atomic E-state index is -4.77. The van der Waals surface area contributed by atoms with Gasteiger partial charge in [0.2, 0.25) is 5.91 Å². The molecule has 1 aliphatic rings. The van der Waals surface area contributed by atoms with Crippen LogP contribution in [-0.4, -0.2) is 45.8 Å². The van der Waals surface area contributed by atoms with Gasteiger partial charge in [-0.05, 0) is 49.7 Å². The number of anilines is 2. The van der Waals surface area contributed by atoms with Gasteiger partial charge >= 0.3 is 6.36 Å². The maximum atomic E-state index is 12.8. The van der Waals surface area contributed by atoms with Gasteiger partial charge in [-0.2, -0.15) is 0 Å². The number of aromatic nitrogens is 3. The van der Waals surface area contributed by atoms with Crippen LogP contribution in [0.1, 0.15) is 23.3 Å². The zero-order chi connectivity index (χ0) is 23.6. The molecule has 0 saturated carbocycles. The second-order valence-electron chi connectivity index (χ2n) is 7.61. The van der Waals surface area contributed by atoms with Gasteiger partial charge in [-0.25, -0.2) is 9.97 Å². The summed E-state index contributed by atoms with van der Waals surface area (Å²) < 4.78 is 42.4. The summed E-state index contributed by atoms with van der Waals surface area (Å²) in [5.41, 5.74) is 1.13. The molecular formula is C21H21F3N6O3. The number of rotatable bonds is 5. The summed E-state index contributed by atoms with van der Waals surface area (Å²) >= 11 is 0. The topological polar surface area (TPSA) is 110 Å². The molecule has 33 heavy (non-hydrogen) atoms. The van der Waals surface area contributed by atoms with Crippen LogP contribution < -0.4 is 20.7 Å². The Bertz CT molecular complexity index is 1170. The Kier molecular flexibility index (Phi) is 6.18. The lowest BCUT2D eigenvalue weighted by molar-refractivity contribution is -0.274. The van der Waals surface area contributed by atoms with Crippen LogP contribution in [0, 0.1) is 5.92 Å². The summed E-state index contributed by atoms with van der Waals surface area (Å²) in [4.78, 5) is 33.6. The van der Waals surface area contributed by atoms with E-state index in [1.54, 1.807) is 17.7 Å². The lowest BCUT2D eigenvalue weighted by Crippen LogP contribution is -2.43. The first-order valence-corrected chi connectivity index (χ1v) is 10.2. The molecule has 12 heteroatoms. The smallest absolute Gasteiger partial charge is 0.406 e. The highest BCUT2D eigenvalue weighted by atomic mass is 19.4. The number of carbonyl (C=O) groups excluding carboxylic acids is 2. The number of fused-ring (bicyclic) bond motifs is 1. The molecule has 1 saturated heterocycles. The lowest BCUT2D eigenvalue weighted by Gasteiger charge is -2.21. The SMILES string of the molecule is Cn1c(C(=O)NC(=O)C2CCCNC2)cc2c(Nc3ccc(OC(F)(F)F)cc3)ncnc21. The first-order chi connectivity index (χ1) is 15.7. The van der Waals surface area contributed by atoms with Gasteiger partial charge in [0.1, 0.15) is 29.2 Å². The molecule has 2 aromatic heterocycles. The minimum absolute atomic E-state index is 0.222. The number of nitrogens with one attached hydrogen (secondary N) is 3. The first-order valence-electron chi connectivity index (χ1n) is 10.2. The van der Waals surface area contributed by atoms with Crippen molar-refractivity contribution in [2.45, 2.75) is 19.2 Å². The molecule has 9 nitrogen and oxygen atoms in total. The number of ether oxygens (including phenoxy) is 1. The van der Waals surface area contributed by atoms with Crippen molar-refractivity contribution in [1.29, 1.82) is 0 Å². The van der Waals surface area contributed by atoms with Crippen LogP contribution in [0.3, 0.4) is 0 Å². The molecular weight excluding hydrogens is 441 g/mol. The van der Waals surface area contributed by atoms with Gasteiger partial charge in [-0.3, -0.25) is 14.9 Å². The summed E-state index contributed by atoms with van der Waals surface area (Å²) in [7, 11) is 1.64. The molecule has 1 aliphatic heterocycles.